The third kappa shape index (κ3) is 4.50. The Labute approximate surface area is 159 Å². The van der Waals surface area contributed by atoms with Crippen molar-refractivity contribution in [3.63, 3.8) is 0 Å². The van der Waals surface area contributed by atoms with Gasteiger partial charge in [-0.25, -0.2) is 17.8 Å². The van der Waals surface area contributed by atoms with Crippen molar-refractivity contribution in [1.82, 2.24) is 4.98 Å². The predicted octanol–water partition coefficient (Wildman–Crippen LogP) is 3.47. The van der Waals surface area contributed by atoms with Crippen molar-refractivity contribution in [3.8, 4) is 11.3 Å². The lowest BCUT2D eigenvalue weighted by Crippen LogP contribution is -2.12. The summed E-state index contributed by atoms with van der Waals surface area (Å²) < 4.78 is 45.1. The Morgan fingerprint density at radius 3 is 2.44 bits per heavy atom. The fourth-order valence-corrected chi connectivity index (χ4v) is 4.53. The first-order valence-electron chi connectivity index (χ1n) is 7.79. The normalized spacial score (nSPS) is 11.2. The highest BCUT2D eigenvalue weighted by atomic mass is 32.2. The van der Waals surface area contributed by atoms with Gasteiger partial charge in [-0.3, -0.25) is 9.52 Å². The summed E-state index contributed by atoms with van der Waals surface area (Å²) in [4.78, 5) is 16.5. The highest BCUT2D eigenvalue weighted by molar-refractivity contribution is 7.93. The second-order valence-corrected chi connectivity index (χ2v) is 8.24. The number of hydrogen-bond acceptors (Lipinski definition) is 6. The van der Waals surface area contributed by atoms with E-state index in [9.17, 15) is 17.6 Å². The first kappa shape index (κ1) is 19.0. The van der Waals surface area contributed by atoms with E-state index in [1.165, 1.54) is 19.2 Å². The number of thiazole rings is 1. The van der Waals surface area contributed by atoms with Crippen LogP contribution in [-0.4, -0.2) is 26.5 Å². The van der Waals surface area contributed by atoms with E-state index in [2.05, 4.69) is 9.71 Å². The Bertz CT molecular complexity index is 1050. The molecule has 0 bridgehead atoms. The van der Waals surface area contributed by atoms with E-state index in [0.29, 0.717) is 10.6 Å². The molecular formula is C18H15FN2O4S2. The number of methoxy groups -OCH3 is 1. The van der Waals surface area contributed by atoms with Crippen molar-refractivity contribution < 1.29 is 22.3 Å². The summed E-state index contributed by atoms with van der Waals surface area (Å²) in [5.41, 5.74) is 1.25. The number of carbonyl (C=O) groups is 1. The molecular weight excluding hydrogens is 391 g/mol. The van der Waals surface area contributed by atoms with Gasteiger partial charge >= 0.3 is 5.97 Å². The first-order chi connectivity index (χ1) is 12.9. The molecule has 1 heterocycles. The van der Waals surface area contributed by atoms with E-state index in [4.69, 9.17) is 4.74 Å². The molecule has 1 aromatic heterocycles. The largest absolute Gasteiger partial charge is 0.469 e. The molecule has 0 saturated carbocycles. The molecule has 0 aliphatic heterocycles. The van der Waals surface area contributed by atoms with Crippen LogP contribution in [0.4, 0.5) is 9.52 Å². The lowest BCUT2D eigenvalue weighted by Gasteiger charge is -2.04. The Balaban J connectivity index is 1.96. The van der Waals surface area contributed by atoms with Crippen molar-refractivity contribution in [3.05, 3.63) is 65.3 Å². The maximum atomic E-state index is 13.0. The number of benzene rings is 2. The smallest absolute Gasteiger partial charge is 0.310 e. The van der Waals surface area contributed by atoms with Crippen LogP contribution in [0.25, 0.3) is 11.3 Å². The Hall–Kier alpha value is -2.78. The second-order valence-electron chi connectivity index (χ2n) is 5.47. The summed E-state index contributed by atoms with van der Waals surface area (Å²) in [7, 11) is -2.65. The van der Waals surface area contributed by atoms with Crippen LogP contribution in [0.1, 0.15) is 4.88 Å². The Kier molecular flexibility index (Phi) is 5.52. The molecule has 0 spiro atoms. The maximum Gasteiger partial charge on any atom is 0.310 e. The molecule has 0 aliphatic carbocycles. The molecule has 3 aromatic rings. The van der Waals surface area contributed by atoms with Crippen molar-refractivity contribution in [1.29, 1.82) is 0 Å². The molecule has 3 rings (SSSR count). The van der Waals surface area contributed by atoms with Gasteiger partial charge in [-0.1, -0.05) is 41.7 Å². The van der Waals surface area contributed by atoms with Gasteiger partial charge in [0.15, 0.2) is 5.13 Å². The molecule has 2 aromatic carbocycles. The van der Waals surface area contributed by atoms with Crippen LogP contribution in [0.5, 0.6) is 0 Å². The number of carbonyl (C=O) groups excluding carboxylic acids is 1. The zero-order chi connectivity index (χ0) is 19.4. The summed E-state index contributed by atoms with van der Waals surface area (Å²) in [6.45, 7) is 0. The van der Waals surface area contributed by atoms with Crippen LogP contribution in [0, 0.1) is 5.82 Å². The zero-order valence-corrected chi connectivity index (χ0v) is 15.8. The Morgan fingerprint density at radius 1 is 1.15 bits per heavy atom. The van der Waals surface area contributed by atoms with Gasteiger partial charge in [-0.15, -0.1) is 0 Å². The molecule has 1 N–H and O–H groups in total. The van der Waals surface area contributed by atoms with Crippen LogP contribution in [0.3, 0.4) is 0 Å². The number of sulfonamides is 1. The molecule has 0 amide bonds. The highest BCUT2D eigenvalue weighted by Crippen LogP contribution is 2.32. The minimum atomic E-state index is -3.93. The Morgan fingerprint density at radius 2 is 1.81 bits per heavy atom. The lowest BCUT2D eigenvalue weighted by molar-refractivity contribution is -0.139. The van der Waals surface area contributed by atoms with Crippen LogP contribution >= 0.6 is 11.3 Å². The van der Waals surface area contributed by atoms with Gasteiger partial charge in [0, 0.05) is 10.4 Å². The molecule has 6 nitrogen and oxygen atoms in total. The lowest BCUT2D eigenvalue weighted by atomic mass is 10.1. The zero-order valence-electron chi connectivity index (χ0n) is 14.2. The van der Waals surface area contributed by atoms with Crippen LogP contribution in [-0.2, 0) is 26.0 Å². The monoisotopic (exact) mass is 406 g/mol. The molecule has 0 aliphatic rings. The summed E-state index contributed by atoms with van der Waals surface area (Å²) in [5, 5.41) is 0.108. The predicted molar refractivity (Wildman–Crippen MR) is 100 cm³/mol. The van der Waals surface area contributed by atoms with Crippen molar-refractivity contribution in [2.75, 3.05) is 11.8 Å². The topological polar surface area (TPSA) is 85.4 Å². The van der Waals surface area contributed by atoms with Gasteiger partial charge in [0.2, 0.25) is 0 Å². The van der Waals surface area contributed by atoms with Gasteiger partial charge in [0.05, 0.1) is 24.1 Å². The van der Waals surface area contributed by atoms with Crippen LogP contribution in [0.15, 0.2) is 59.5 Å². The maximum absolute atomic E-state index is 13.0. The van der Waals surface area contributed by atoms with Crippen LogP contribution < -0.4 is 4.72 Å². The first-order valence-corrected chi connectivity index (χ1v) is 10.1. The van der Waals surface area contributed by atoms with Crippen LogP contribution in [0.2, 0.25) is 0 Å². The van der Waals surface area contributed by atoms with Gasteiger partial charge < -0.3 is 4.74 Å². The molecule has 0 unspecified atom stereocenters. The SMILES string of the molecule is COC(=O)Cc1sc(NS(=O)(=O)c2ccc(F)cc2)nc1-c1ccccc1. The van der Waals surface area contributed by atoms with Gasteiger partial charge in [0.25, 0.3) is 10.0 Å². The molecule has 0 fully saturated rings. The highest BCUT2D eigenvalue weighted by Gasteiger charge is 2.21. The van der Waals surface area contributed by atoms with E-state index in [-0.39, 0.29) is 16.4 Å². The molecule has 0 radical (unpaired) electrons. The second kappa shape index (κ2) is 7.85. The number of esters is 1. The van der Waals surface area contributed by atoms with Gasteiger partial charge in [-0.05, 0) is 24.3 Å². The number of rotatable bonds is 6. The minimum absolute atomic E-state index is 0.0311. The molecule has 0 atom stereocenters. The standard InChI is InChI=1S/C18H15FN2O4S2/c1-25-16(22)11-15-17(12-5-3-2-4-6-12)20-18(26-15)21-27(23,24)14-9-7-13(19)8-10-14/h2-10H,11H2,1H3,(H,20,21). The third-order valence-corrected chi connectivity index (χ3v) is 6.08. The summed E-state index contributed by atoms with van der Waals surface area (Å²) in [6.07, 6.45) is -0.0311. The van der Waals surface area contributed by atoms with E-state index in [1.807, 2.05) is 30.3 Å². The minimum Gasteiger partial charge on any atom is -0.469 e. The van der Waals surface area contributed by atoms with E-state index in [0.717, 1.165) is 29.0 Å². The summed E-state index contributed by atoms with van der Waals surface area (Å²) in [5.74, 6) is -0.987. The average molecular weight is 406 g/mol. The van der Waals surface area contributed by atoms with Crippen molar-refractivity contribution in [2.24, 2.45) is 0 Å². The van der Waals surface area contributed by atoms with Crippen molar-refractivity contribution >= 4 is 32.5 Å². The number of nitrogens with zero attached hydrogens (tertiary/aromatic N) is 1. The van der Waals surface area contributed by atoms with E-state index in [1.54, 1.807) is 0 Å². The average Bonchev–Trinajstić information content (AvgIpc) is 3.04. The molecule has 9 heteroatoms. The quantitative estimate of drug-likeness (QED) is 0.634. The third-order valence-electron chi connectivity index (χ3n) is 3.62. The number of aromatic nitrogens is 1. The number of anilines is 1. The fourth-order valence-electron chi connectivity index (χ4n) is 2.33. The fraction of sp³-hybridized carbons (Fsp3) is 0.111. The number of ether oxygens (including phenoxy) is 1. The molecule has 0 saturated heterocycles. The van der Waals surface area contributed by atoms with Gasteiger partial charge in [0.1, 0.15) is 5.82 Å². The molecule has 27 heavy (non-hydrogen) atoms. The van der Waals surface area contributed by atoms with E-state index < -0.39 is 21.8 Å². The van der Waals surface area contributed by atoms with Crippen molar-refractivity contribution in [2.45, 2.75) is 11.3 Å². The number of hydrogen-bond donors (Lipinski definition) is 1. The number of halogens is 1. The van der Waals surface area contributed by atoms with Gasteiger partial charge in [-0.2, -0.15) is 0 Å². The number of nitrogens with one attached hydrogen (secondary N) is 1. The summed E-state index contributed by atoms with van der Waals surface area (Å²) in [6, 6.07) is 13.6. The molecule has 140 valence electrons. The van der Waals surface area contributed by atoms with E-state index >= 15 is 0 Å². The summed E-state index contributed by atoms with van der Waals surface area (Å²) >= 11 is 1.05.